The highest BCUT2D eigenvalue weighted by atomic mass is 19.1. The number of carbonyl (C=O) groups is 1. The molecule has 134 valence electrons. The molecule has 0 aromatic heterocycles. The predicted octanol–water partition coefficient (Wildman–Crippen LogP) is 2.85. The maximum Gasteiger partial charge on any atom is 0.227 e. The van der Waals surface area contributed by atoms with Gasteiger partial charge in [0.2, 0.25) is 5.91 Å². The second kappa shape index (κ2) is 9.10. The Morgan fingerprint density at radius 1 is 1.24 bits per heavy atom. The molecule has 25 heavy (non-hydrogen) atoms. The molecule has 7 heteroatoms. The lowest BCUT2D eigenvalue weighted by molar-refractivity contribution is -0.118. The quantitative estimate of drug-likeness (QED) is 0.768. The molecule has 3 N–H and O–H groups in total. The van der Waals surface area contributed by atoms with E-state index >= 15 is 0 Å². The molecule has 0 bridgehead atoms. The average molecular weight is 350 g/mol. The van der Waals surface area contributed by atoms with Gasteiger partial charge in [0.05, 0.1) is 12.5 Å². The molecule has 0 aliphatic carbocycles. The van der Waals surface area contributed by atoms with Crippen LogP contribution in [0.2, 0.25) is 0 Å². The molecule has 2 aromatic carbocycles. The highest BCUT2D eigenvalue weighted by molar-refractivity contribution is 5.91. The summed E-state index contributed by atoms with van der Waals surface area (Å²) in [5.74, 6) is -1.33. The van der Waals surface area contributed by atoms with Gasteiger partial charge in [-0.1, -0.05) is 12.1 Å². The molecule has 2 rings (SSSR count). The topological polar surface area (TPSA) is 73.6 Å². The van der Waals surface area contributed by atoms with Crippen LogP contribution in [-0.2, 0) is 16.1 Å². The zero-order valence-corrected chi connectivity index (χ0v) is 13.8. The molecule has 0 heterocycles. The van der Waals surface area contributed by atoms with Crippen molar-refractivity contribution in [2.24, 2.45) is 5.73 Å². The first-order chi connectivity index (χ1) is 12.0. The van der Waals surface area contributed by atoms with E-state index < -0.39 is 11.9 Å². The number of nitrogens with one attached hydrogen (secondary N) is 1. The molecular weight excluding hydrogens is 330 g/mol. The highest BCUT2D eigenvalue weighted by Crippen LogP contribution is 2.22. The third kappa shape index (κ3) is 5.81. The van der Waals surface area contributed by atoms with E-state index in [-0.39, 0.29) is 37.0 Å². The van der Waals surface area contributed by atoms with Crippen LogP contribution in [0.25, 0.3) is 0 Å². The van der Waals surface area contributed by atoms with Crippen molar-refractivity contribution in [3.8, 4) is 5.75 Å². The third-order valence-corrected chi connectivity index (χ3v) is 3.51. The SMILES string of the molecule is COC(CN)CC(=O)Nc1ccc(OCc2cccc(F)c2)c(F)c1. The first-order valence-electron chi connectivity index (χ1n) is 7.71. The van der Waals surface area contributed by atoms with Crippen LogP contribution in [0.15, 0.2) is 42.5 Å². The minimum Gasteiger partial charge on any atom is -0.486 e. The second-order valence-corrected chi connectivity index (χ2v) is 5.41. The van der Waals surface area contributed by atoms with Crippen LogP contribution in [0.5, 0.6) is 5.75 Å². The van der Waals surface area contributed by atoms with Gasteiger partial charge in [0.25, 0.3) is 0 Å². The van der Waals surface area contributed by atoms with Crippen LogP contribution >= 0.6 is 0 Å². The first-order valence-corrected chi connectivity index (χ1v) is 7.71. The van der Waals surface area contributed by atoms with E-state index in [1.54, 1.807) is 12.1 Å². The van der Waals surface area contributed by atoms with Crippen LogP contribution in [0, 0.1) is 11.6 Å². The van der Waals surface area contributed by atoms with Gasteiger partial charge in [0, 0.05) is 25.4 Å². The van der Waals surface area contributed by atoms with E-state index in [9.17, 15) is 13.6 Å². The van der Waals surface area contributed by atoms with E-state index in [4.69, 9.17) is 15.2 Å². The lowest BCUT2D eigenvalue weighted by Gasteiger charge is -2.13. The first kappa shape index (κ1) is 18.8. The fourth-order valence-corrected chi connectivity index (χ4v) is 2.17. The van der Waals surface area contributed by atoms with Crippen LogP contribution in [0.3, 0.4) is 0 Å². The number of hydrogen-bond acceptors (Lipinski definition) is 4. The van der Waals surface area contributed by atoms with Crippen molar-refractivity contribution < 1.29 is 23.0 Å². The van der Waals surface area contributed by atoms with Gasteiger partial charge in [-0.05, 0) is 29.8 Å². The van der Waals surface area contributed by atoms with Gasteiger partial charge in [-0.25, -0.2) is 8.78 Å². The lowest BCUT2D eigenvalue weighted by Crippen LogP contribution is -2.28. The standard InChI is InChI=1S/C18H20F2N2O3/c1-24-15(10-21)9-18(23)22-14-5-6-17(16(20)8-14)25-11-12-3-2-4-13(19)7-12/h2-8,15H,9-11,21H2,1H3,(H,22,23). The van der Waals surface area contributed by atoms with Crippen molar-refractivity contribution in [3.63, 3.8) is 0 Å². The number of amides is 1. The molecule has 0 aliphatic rings. The fraction of sp³-hybridized carbons (Fsp3) is 0.278. The van der Waals surface area contributed by atoms with Crippen LogP contribution in [0.4, 0.5) is 14.5 Å². The number of rotatable bonds is 8. The van der Waals surface area contributed by atoms with Gasteiger partial charge in [-0.15, -0.1) is 0 Å². The summed E-state index contributed by atoms with van der Waals surface area (Å²) in [6.45, 7) is 0.248. The molecule has 1 unspecified atom stereocenters. The molecule has 0 saturated heterocycles. The lowest BCUT2D eigenvalue weighted by atomic mass is 10.2. The zero-order chi connectivity index (χ0) is 18.2. The molecule has 1 atom stereocenters. The number of anilines is 1. The number of hydrogen-bond donors (Lipinski definition) is 2. The maximum atomic E-state index is 14.1. The third-order valence-electron chi connectivity index (χ3n) is 3.51. The molecule has 5 nitrogen and oxygen atoms in total. The molecule has 0 saturated carbocycles. The summed E-state index contributed by atoms with van der Waals surface area (Å²) in [6, 6.07) is 9.95. The Balaban J connectivity index is 1.94. The van der Waals surface area contributed by atoms with Crippen molar-refractivity contribution in [1.82, 2.24) is 0 Å². The van der Waals surface area contributed by atoms with Crippen LogP contribution in [0.1, 0.15) is 12.0 Å². The number of methoxy groups -OCH3 is 1. The largest absolute Gasteiger partial charge is 0.486 e. The van der Waals surface area contributed by atoms with Gasteiger partial charge in [-0.2, -0.15) is 0 Å². The second-order valence-electron chi connectivity index (χ2n) is 5.41. The highest BCUT2D eigenvalue weighted by Gasteiger charge is 2.13. The minimum atomic E-state index is -0.628. The predicted molar refractivity (Wildman–Crippen MR) is 90.2 cm³/mol. The Morgan fingerprint density at radius 3 is 2.68 bits per heavy atom. The summed E-state index contributed by atoms with van der Waals surface area (Å²) in [6.07, 6.45) is -0.314. The summed E-state index contributed by atoms with van der Waals surface area (Å²) >= 11 is 0. The molecule has 2 aromatic rings. The number of benzene rings is 2. The van der Waals surface area contributed by atoms with E-state index in [2.05, 4.69) is 5.32 Å². The van der Waals surface area contributed by atoms with E-state index in [1.807, 2.05) is 0 Å². The molecular formula is C18H20F2N2O3. The number of carbonyl (C=O) groups excluding carboxylic acids is 1. The molecule has 1 amide bonds. The number of halogens is 2. The molecule has 0 aliphatic heterocycles. The average Bonchev–Trinajstić information content (AvgIpc) is 2.59. The molecule has 0 spiro atoms. The van der Waals surface area contributed by atoms with Crippen LogP contribution in [-0.4, -0.2) is 25.7 Å². The minimum absolute atomic E-state index is 0.0130. The van der Waals surface area contributed by atoms with E-state index in [1.165, 1.54) is 31.4 Å². The van der Waals surface area contributed by atoms with Crippen molar-refractivity contribution in [1.29, 1.82) is 0 Å². The van der Waals surface area contributed by atoms with E-state index in [0.717, 1.165) is 6.07 Å². The Labute approximate surface area is 144 Å². The van der Waals surface area contributed by atoms with Crippen molar-refractivity contribution >= 4 is 11.6 Å². The van der Waals surface area contributed by atoms with Gasteiger partial charge in [0.1, 0.15) is 12.4 Å². The molecule has 0 fully saturated rings. The van der Waals surface area contributed by atoms with Crippen molar-refractivity contribution in [3.05, 3.63) is 59.7 Å². The fourth-order valence-electron chi connectivity index (χ4n) is 2.17. The van der Waals surface area contributed by atoms with Gasteiger partial charge in [0.15, 0.2) is 11.6 Å². The summed E-state index contributed by atoms with van der Waals surface area (Å²) in [5, 5.41) is 2.57. The summed E-state index contributed by atoms with van der Waals surface area (Å²) in [5.41, 5.74) is 6.34. The van der Waals surface area contributed by atoms with Crippen LogP contribution < -0.4 is 15.8 Å². The molecule has 0 radical (unpaired) electrons. The smallest absolute Gasteiger partial charge is 0.227 e. The normalized spacial score (nSPS) is 11.8. The Hall–Kier alpha value is -2.51. The van der Waals surface area contributed by atoms with E-state index in [0.29, 0.717) is 11.3 Å². The van der Waals surface area contributed by atoms with Gasteiger partial charge in [-0.3, -0.25) is 4.79 Å². The van der Waals surface area contributed by atoms with Crippen molar-refractivity contribution in [2.75, 3.05) is 19.0 Å². The number of nitrogens with two attached hydrogens (primary N) is 1. The monoisotopic (exact) mass is 350 g/mol. The number of ether oxygens (including phenoxy) is 2. The Kier molecular flexibility index (Phi) is 6.85. The van der Waals surface area contributed by atoms with Crippen molar-refractivity contribution in [2.45, 2.75) is 19.1 Å². The maximum absolute atomic E-state index is 14.1. The zero-order valence-electron chi connectivity index (χ0n) is 13.8. The summed E-state index contributed by atoms with van der Waals surface area (Å²) in [4.78, 5) is 11.8. The summed E-state index contributed by atoms with van der Waals surface area (Å²) < 4.78 is 37.6. The summed E-state index contributed by atoms with van der Waals surface area (Å²) in [7, 11) is 1.47. The Morgan fingerprint density at radius 2 is 2.04 bits per heavy atom. The van der Waals surface area contributed by atoms with Gasteiger partial charge < -0.3 is 20.5 Å². The van der Waals surface area contributed by atoms with Gasteiger partial charge >= 0.3 is 0 Å². The Bertz CT molecular complexity index is 721.